The summed E-state index contributed by atoms with van der Waals surface area (Å²) in [5.74, 6) is 3.36. The molecule has 0 radical (unpaired) electrons. The van der Waals surface area contributed by atoms with Gasteiger partial charge in [-0.15, -0.1) is 0 Å². The van der Waals surface area contributed by atoms with Crippen LogP contribution in [0.1, 0.15) is 156 Å². The summed E-state index contributed by atoms with van der Waals surface area (Å²) in [5.41, 5.74) is 9.05. The average molecular weight is 769 g/mol. The largest absolute Gasteiger partial charge is 0.487 e. The van der Waals surface area contributed by atoms with Gasteiger partial charge in [0.15, 0.2) is 0 Å². The van der Waals surface area contributed by atoms with E-state index in [0.29, 0.717) is 19.6 Å². The Morgan fingerprint density at radius 2 is 0.945 bits per heavy atom. The van der Waals surface area contributed by atoms with E-state index < -0.39 is 11.6 Å². The fraction of sp³-hybridized carbons (Fsp3) is 0.711. The number of hydrogen-bond acceptors (Lipinski definition) is 9. The van der Waals surface area contributed by atoms with Crippen molar-refractivity contribution in [1.29, 1.82) is 0 Å². The first-order chi connectivity index (χ1) is 26.0. The highest BCUT2D eigenvalue weighted by Crippen LogP contribution is 2.50. The van der Waals surface area contributed by atoms with Gasteiger partial charge in [0.05, 0.1) is 20.3 Å². The molecule has 0 fully saturated rings. The third kappa shape index (κ3) is 9.74. The molecule has 308 valence electrons. The van der Waals surface area contributed by atoms with Gasteiger partial charge in [-0.25, -0.2) is 14.7 Å². The molecule has 0 amide bonds. The summed E-state index contributed by atoms with van der Waals surface area (Å²) in [7, 11) is 1.55. The van der Waals surface area contributed by atoms with Crippen molar-refractivity contribution >= 4 is 5.97 Å². The molecule has 4 aliphatic heterocycles. The van der Waals surface area contributed by atoms with Crippen LogP contribution in [0.5, 0.6) is 23.0 Å². The number of carbonyl (C=O) groups is 1. The molecule has 4 aliphatic rings. The third-order valence-electron chi connectivity index (χ3n) is 13.0. The topological polar surface area (TPSA) is 122 Å². The van der Waals surface area contributed by atoms with Crippen molar-refractivity contribution in [3.05, 3.63) is 44.5 Å². The number of rotatable bonds is 14. The molecule has 0 spiro atoms. The molecule has 0 saturated heterocycles. The first-order valence-electron chi connectivity index (χ1n) is 20.7. The molecular formula is C45H68O10. The van der Waals surface area contributed by atoms with Gasteiger partial charge in [-0.05, 0) is 168 Å². The maximum absolute atomic E-state index is 11.0. The van der Waals surface area contributed by atoms with E-state index in [4.69, 9.17) is 39.1 Å². The van der Waals surface area contributed by atoms with E-state index >= 15 is 0 Å². The highest BCUT2D eigenvalue weighted by Gasteiger charge is 2.41. The Kier molecular flexibility index (Phi) is 13.8. The van der Waals surface area contributed by atoms with Gasteiger partial charge >= 0.3 is 5.97 Å². The first-order valence-corrected chi connectivity index (χ1v) is 20.7. The number of ether oxygens (including phenoxy) is 4. The highest BCUT2D eigenvalue weighted by atomic mass is 17.2. The lowest BCUT2D eigenvalue weighted by molar-refractivity contribution is -0.273. The summed E-state index contributed by atoms with van der Waals surface area (Å²) in [6, 6.07) is 0. The molecule has 4 atom stereocenters. The second-order valence-corrected chi connectivity index (χ2v) is 17.6. The molecule has 10 heteroatoms. The van der Waals surface area contributed by atoms with Crippen molar-refractivity contribution in [2.75, 3.05) is 20.3 Å². The van der Waals surface area contributed by atoms with E-state index in [1.54, 1.807) is 7.11 Å². The Hall–Kier alpha value is -3.05. The van der Waals surface area contributed by atoms with Gasteiger partial charge in [-0.3, -0.25) is 10.1 Å². The number of hydrogen-bond donors (Lipinski definition) is 2. The molecule has 0 aliphatic carbocycles. The lowest BCUT2D eigenvalue weighted by Gasteiger charge is -2.42. The number of carboxylic acid groups (broad SMARTS) is 1. The zero-order valence-electron chi connectivity index (χ0n) is 35.4. The number of fused-ring (bicyclic) bond motifs is 6. The minimum absolute atomic E-state index is 0.0292. The maximum Gasteiger partial charge on any atom is 0.303 e. The Morgan fingerprint density at radius 1 is 0.600 bits per heavy atom. The quantitative estimate of drug-likeness (QED) is 0.109. The van der Waals surface area contributed by atoms with Crippen LogP contribution in [0.4, 0.5) is 0 Å². The molecule has 4 heterocycles. The van der Waals surface area contributed by atoms with Crippen LogP contribution in [0.25, 0.3) is 0 Å². The van der Waals surface area contributed by atoms with Crippen LogP contribution in [0.3, 0.4) is 0 Å². The standard InChI is InChI=1S/C23H36O4.C22H32O6/c1-7-11-22(4)13-9-18-19-10-14-23(5,12-8-15-25-24-6)27-21(19)17(3)16(2)20(18)26-22;1-14-15(2)20-17(7-11-22(4,28-20)12-8-18(23)24)16-6-10-21(3,27-19(14)16)9-5-13-26-25/h7-15H2,1-6H3;25H,5-13H2,1-4H3,(H,23,24). The van der Waals surface area contributed by atoms with Gasteiger partial charge < -0.3 is 24.1 Å². The minimum Gasteiger partial charge on any atom is -0.487 e. The Balaban J connectivity index is 0.000000211. The Morgan fingerprint density at radius 3 is 1.27 bits per heavy atom. The van der Waals surface area contributed by atoms with Crippen molar-refractivity contribution in [3.8, 4) is 23.0 Å². The molecular weight excluding hydrogens is 700 g/mol. The Bertz CT molecular complexity index is 1690. The predicted octanol–water partition coefficient (Wildman–Crippen LogP) is 10.2. The van der Waals surface area contributed by atoms with E-state index in [2.05, 4.69) is 60.3 Å². The molecule has 0 bridgehead atoms. The number of benzene rings is 2. The lowest BCUT2D eigenvalue weighted by atomic mass is 9.80. The monoisotopic (exact) mass is 768 g/mol. The van der Waals surface area contributed by atoms with Gasteiger partial charge in [0.25, 0.3) is 0 Å². The van der Waals surface area contributed by atoms with Crippen molar-refractivity contribution < 1.29 is 48.8 Å². The van der Waals surface area contributed by atoms with E-state index in [1.165, 1.54) is 33.4 Å². The third-order valence-corrected chi connectivity index (χ3v) is 13.0. The molecule has 55 heavy (non-hydrogen) atoms. The summed E-state index contributed by atoms with van der Waals surface area (Å²) in [5, 5.41) is 17.6. The van der Waals surface area contributed by atoms with E-state index in [1.807, 2.05) is 6.92 Å². The van der Waals surface area contributed by atoms with Crippen LogP contribution < -0.4 is 18.9 Å². The van der Waals surface area contributed by atoms with Crippen LogP contribution in [-0.4, -0.2) is 59.1 Å². The Labute approximate surface area is 329 Å². The second kappa shape index (κ2) is 17.6. The van der Waals surface area contributed by atoms with Gasteiger partial charge in [-0.2, -0.15) is 0 Å². The van der Waals surface area contributed by atoms with Crippen molar-refractivity contribution in [2.24, 2.45) is 0 Å². The predicted molar refractivity (Wildman–Crippen MR) is 213 cm³/mol. The van der Waals surface area contributed by atoms with Gasteiger partial charge in [0, 0.05) is 28.7 Å². The SMILES string of the molecule is CCCC1(C)CCc2c3c(c(C)c(C)c2O1)OC(C)(CCCOOC)CC3.Cc1c(C)c2c(c3c1OC(C)(CCCOO)CC3)CCC(C)(CCC(=O)O)O2. The summed E-state index contributed by atoms with van der Waals surface area (Å²) in [4.78, 5) is 24.9. The van der Waals surface area contributed by atoms with Gasteiger partial charge in [-0.1, -0.05) is 13.3 Å². The molecule has 6 rings (SSSR count). The fourth-order valence-corrected chi connectivity index (χ4v) is 9.20. The lowest BCUT2D eigenvalue weighted by Crippen LogP contribution is -2.40. The molecule has 2 N–H and O–H groups in total. The molecule has 0 saturated carbocycles. The van der Waals surface area contributed by atoms with Crippen LogP contribution in [0, 0.1) is 27.7 Å². The van der Waals surface area contributed by atoms with Crippen LogP contribution >= 0.6 is 0 Å². The minimum atomic E-state index is -0.784. The van der Waals surface area contributed by atoms with Crippen molar-refractivity contribution in [3.63, 3.8) is 0 Å². The smallest absolute Gasteiger partial charge is 0.303 e. The fourth-order valence-electron chi connectivity index (χ4n) is 9.20. The second-order valence-electron chi connectivity index (χ2n) is 17.6. The van der Waals surface area contributed by atoms with E-state index in [9.17, 15) is 4.79 Å². The van der Waals surface area contributed by atoms with Crippen molar-refractivity contribution in [1.82, 2.24) is 0 Å². The molecule has 2 aromatic rings. The average Bonchev–Trinajstić information content (AvgIpc) is 3.14. The summed E-state index contributed by atoms with van der Waals surface area (Å²) < 4.78 is 26.1. The normalized spacial score (nSPS) is 26.4. The first kappa shape index (κ1) is 43.1. The van der Waals surface area contributed by atoms with Crippen LogP contribution in [0.2, 0.25) is 0 Å². The summed E-state index contributed by atoms with van der Waals surface area (Å²) in [6.07, 6.45) is 14.2. The molecule has 4 unspecified atom stereocenters. The zero-order chi connectivity index (χ0) is 40.2. The van der Waals surface area contributed by atoms with Gasteiger partial charge in [0.2, 0.25) is 0 Å². The van der Waals surface area contributed by atoms with E-state index in [-0.39, 0.29) is 23.2 Å². The zero-order valence-corrected chi connectivity index (χ0v) is 35.4. The number of aliphatic carboxylic acids is 1. The van der Waals surface area contributed by atoms with Gasteiger partial charge in [0.1, 0.15) is 45.4 Å². The summed E-state index contributed by atoms with van der Waals surface area (Å²) in [6.45, 7) is 20.3. The number of carboxylic acids is 1. The molecule has 10 nitrogen and oxygen atoms in total. The van der Waals surface area contributed by atoms with Crippen molar-refractivity contribution in [2.45, 2.75) is 187 Å². The summed E-state index contributed by atoms with van der Waals surface area (Å²) >= 11 is 0. The highest BCUT2D eigenvalue weighted by molar-refractivity contribution is 5.67. The maximum atomic E-state index is 11.0. The molecule has 0 aromatic heterocycles. The molecule has 2 aromatic carbocycles. The van der Waals surface area contributed by atoms with E-state index in [0.717, 1.165) is 124 Å². The van der Waals surface area contributed by atoms with Crippen LogP contribution in [-0.2, 0) is 45.1 Å². The van der Waals surface area contributed by atoms with Crippen LogP contribution in [0.15, 0.2) is 0 Å².